The number of thiophene rings is 1. The van der Waals surface area contributed by atoms with Gasteiger partial charge in [-0.15, -0.1) is 11.3 Å². The Labute approximate surface area is 80.8 Å². The van der Waals surface area contributed by atoms with Crippen LogP contribution in [0.4, 0.5) is 0 Å². The number of aryl methyl sites for hydroxylation is 1. The van der Waals surface area contributed by atoms with Crippen LogP contribution in [-0.4, -0.2) is 8.42 Å². The van der Waals surface area contributed by atoms with Crippen molar-refractivity contribution in [3.05, 3.63) is 26.8 Å². The topological polar surface area (TPSA) is 60.2 Å². The second-order valence-electron chi connectivity index (χ2n) is 3.09. The van der Waals surface area contributed by atoms with Crippen molar-refractivity contribution in [2.24, 2.45) is 5.73 Å². The average molecular weight is 215 g/mol. The van der Waals surface area contributed by atoms with Crippen LogP contribution in [0.3, 0.4) is 0 Å². The van der Waals surface area contributed by atoms with Crippen LogP contribution in [0.15, 0.2) is 11.5 Å². The molecule has 13 heavy (non-hydrogen) atoms. The fraction of sp³-hybridized carbons (Fsp3) is 0.250. The smallest absolute Gasteiger partial charge is 0.177 e. The Bertz CT molecular complexity index is 482. The predicted octanol–water partition coefficient (Wildman–Crippen LogP) is 1.24. The molecule has 1 aromatic heterocycles. The fourth-order valence-electron chi connectivity index (χ4n) is 1.42. The van der Waals surface area contributed by atoms with E-state index in [0.29, 0.717) is 5.70 Å². The molecule has 5 heteroatoms. The number of sulfone groups is 1. The van der Waals surface area contributed by atoms with Gasteiger partial charge >= 0.3 is 0 Å². The standard InChI is InChI=1S/C8H9NO2S2/c1-5-2-6-3-13(10,11)4-7(9)8(6)12-5/h2,4H,3,9H2,1H3. The molecule has 1 aromatic rings. The maximum Gasteiger partial charge on any atom is 0.177 e. The van der Waals surface area contributed by atoms with E-state index in [4.69, 9.17) is 5.73 Å². The Kier molecular flexibility index (Phi) is 1.75. The van der Waals surface area contributed by atoms with E-state index in [1.54, 1.807) is 11.3 Å². The zero-order valence-electron chi connectivity index (χ0n) is 7.07. The number of fused-ring (bicyclic) bond motifs is 1. The summed E-state index contributed by atoms with van der Waals surface area (Å²) in [6, 6.07) is 1.89. The van der Waals surface area contributed by atoms with Crippen LogP contribution in [0.5, 0.6) is 0 Å². The third kappa shape index (κ3) is 1.49. The molecule has 0 saturated heterocycles. The number of rotatable bonds is 0. The zero-order valence-corrected chi connectivity index (χ0v) is 8.71. The van der Waals surface area contributed by atoms with Gasteiger partial charge in [0.15, 0.2) is 9.84 Å². The highest BCUT2D eigenvalue weighted by atomic mass is 32.2. The van der Waals surface area contributed by atoms with Crippen LogP contribution in [0.2, 0.25) is 0 Å². The minimum Gasteiger partial charge on any atom is -0.397 e. The molecule has 0 aliphatic carbocycles. The molecule has 2 N–H and O–H groups in total. The van der Waals surface area contributed by atoms with E-state index in [9.17, 15) is 8.42 Å². The number of hydrogen-bond acceptors (Lipinski definition) is 4. The van der Waals surface area contributed by atoms with Gasteiger partial charge in [0.05, 0.1) is 21.7 Å². The van der Waals surface area contributed by atoms with Crippen LogP contribution in [0.1, 0.15) is 15.3 Å². The molecular formula is C8H9NO2S2. The van der Waals surface area contributed by atoms with Gasteiger partial charge in [-0.05, 0) is 18.6 Å². The summed E-state index contributed by atoms with van der Waals surface area (Å²) in [5, 5.41) is 1.16. The Morgan fingerprint density at radius 1 is 1.54 bits per heavy atom. The number of hydrogen-bond donors (Lipinski definition) is 1. The molecule has 0 aromatic carbocycles. The van der Waals surface area contributed by atoms with Crippen LogP contribution >= 0.6 is 11.3 Å². The minimum absolute atomic E-state index is 0.0906. The first-order chi connectivity index (χ1) is 5.98. The van der Waals surface area contributed by atoms with Crippen LogP contribution in [0, 0.1) is 6.92 Å². The maximum atomic E-state index is 11.3. The third-order valence-corrected chi connectivity index (χ3v) is 4.33. The van der Waals surface area contributed by atoms with E-state index in [2.05, 4.69) is 0 Å². The summed E-state index contributed by atoms with van der Waals surface area (Å²) in [7, 11) is -3.11. The maximum absolute atomic E-state index is 11.3. The molecule has 2 rings (SSSR count). The molecule has 1 aliphatic heterocycles. The van der Waals surface area contributed by atoms with Gasteiger partial charge in [-0.25, -0.2) is 8.42 Å². The second kappa shape index (κ2) is 2.59. The molecule has 0 unspecified atom stereocenters. The Morgan fingerprint density at radius 2 is 2.23 bits per heavy atom. The normalized spacial score (nSPS) is 19.3. The highest BCUT2D eigenvalue weighted by Gasteiger charge is 2.22. The van der Waals surface area contributed by atoms with E-state index < -0.39 is 9.84 Å². The van der Waals surface area contributed by atoms with Crippen molar-refractivity contribution in [2.45, 2.75) is 12.7 Å². The van der Waals surface area contributed by atoms with Gasteiger partial charge in [0.25, 0.3) is 0 Å². The highest BCUT2D eigenvalue weighted by Crippen LogP contribution is 2.32. The average Bonchev–Trinajstić information content (AvgIpc) is 2.27. The molecule has 0 bridgehead atoms. The fourth-order valence-corrected chi connectivity index (χ4v) is 3.80. The minimum atomic E-state index is -3.11. The summed E-state index contributed by atoms with van der Waals surface area (Å²) in [5.41, 5.74) is 6.84. The van der Waals surface area contributed by atoms with E-state index in [0.717, 1.165) is 20.7 Å². The number of nitrogens with two attached hydrogens (primary N) is 1. The summed E-state index contributed by atoms with van der Waals surface area (Å²) in [5.74, 6) is 0.0906. The second-order valence-corrected chi connectivity index (χ2v) is 6.20. The Morgan fingerprint density at radius 3 is 2.92 bits per heavy atom. The monoisotopic (exact) mass is 215 g/mol. The van der Waals surface area contributed by atoms with Gasteiger partial charge < -0.3 is 5.73 Å². The molecule has 0 amide bonds. The van der Waals surface area contributed by atoms with Gasteiger partial charge in [-0.1, -0.05) is 0 Å². The van der Waals surface area contributed by atoms with Crippen molar-refractivity contribution in [3.63, 3.8) is 0 Å². The molecule has 0 atom stereocenters. The lowest BCUT2D eigenvalue weighted by Gasteiger charge is -2.09. The largest absolute Gasteiger partial charge is 0.397 e. The van der Waals surface area contributed by atoms with E-state index in [1.165, 1.54) is 0 Å². The molecule has 0 fully saturated rings. The van der Waals surface area contributed by atoms with E-state index in [-0.39, 0.29) is 5.75 Å². The first kappa shape index (κ1) is 8.77. The highest BCUT2D eigenvalue weighted by molar-refractivity contribution is 7.93. The van der Waals surface area contributed by atoms with Crippen molar-refractivity contribution < 1.29 is 8.42 Å². The van der Waals surface area contributed by atoms with Gasteiger partial charge in [0.2, 0.25) is 0 Å². The SMILES string of the molecule is Cc1cc2c(s1)C(N)=CS(=O)(=O)C2. The molecule has 0 saturated carbocycles. The quantitative estimate of drug-likeness (QED) is 0.708. The van der Waals surface area contributed by atoms with Crippen LogP contribution in [0.25, 0.3) is 5.70 Å². The lowest BCUT2D eigenvalue weighted by molar-refractivity contribution is 0.603. The summed E-state index contributed by atoms with van der Waals surface area (Å²) < 4.78 is 22.6. The van der Waals surface area contributed by atoms with Gasteiger partial charge in [-0.2, -0.15) is 0 Å². The predicted molar refractivity (Wildman–Crippen MR) is 53.8 cm³/mol. The van der Waals surface area contributed by atoms with Crippen LogP contribution in [-0.2, 0) is 15.6 Å². The Balaban J connectivity index is 2.67. The Hall–Kier alpha value is -0.810. The third-order valence-electron chi connectivity index (χ3n) is 1.86. The lowest BCUT2D eigenvalue weighted by atomic mass is 10.2. The van der Waals surface area contributed by atoms with Gasteiger partial charge in [0, 0.05) is 4.88 Å². The summed E-state index contributed by atoms with van der Waals surface area (Å²) in [6.07, 6.45) is 0. The van der Waals surface area contributed by atoms with Gasteiger partial charge in [-0.3, -0.25) is 0 Å². The lowest BCUT2D eigenvalue weighted by Crippen LogP contribution is -2.11. The molecule has 2 heterocycles. The van der Waals surface area contributed by atoms with Crippen LogP contribution < -0.4 is 5.73 Å². The molecule has 0 radical (unpaired) electrons. The van der Waals surface area contributed by atoms with Crippen molar-refractivity contribution in [3.8, 4) is 0 Å². The summed E-state index contributed by atoms with van der Waals surface area (Å²) >= 11 is 1.54. The van der Waals surface area contributed by atoms with Gasteiger partial charge in [0.1, 0.15) is 0 Å². The molecule has 3 nitrogen and oxygen atoms in total. The van der Waals surface area contributed by atoms with Crippen molar-refractivity contribution in [2.75, 3.05) is 0 Å². The van der Waals surface area contributed by atoms with Crippen molar-refractivity contribution in [1.29, 1.82) is 0 Å². The zero-order chi connectivity index (χ0) is 9.64. The van der Waals surface area contributed by atoms with Crippen molar-refractivity contribution in [1.82, 2.24) is 0 Å². The van der Waals surface area contributed by atoms with E-state index in [1.807, 2.05) is 13.0 Å². The first-order valence-corrected chi connectivity index (χ1v) is 6.31. The van der Waals surface area contributed by atoms with Crippen molar-refractivity contribution >= 4 is 26.9 Å². The first-order valence-electron chi connectivity index (χ1n) is 3.77. The molecule has 70 valence electrons. The van der Waals surface area contributed by atoms with E-state index >= 15 is 0 Å². The summed E-state index contributed by atoms with van der Waals surface area (Å²) in [4.78, 5) is 2.01. The molecular weight excluding hydrogens is 206 g/mol. The molecule has 1 aliphatic rings. The summed E-state index contributed by atoms with van der Waals surface area (Å²) in [6.45, 7) is 1.95. The molecule has 0 spiro atoms.